The number of nitrogens with one attached hydrogen (secondary N) is 1. The van der Waals surface area contributed by atoms with Crippen LogP contribution in [-0.4, -0.2) is 57.5 Å². The molecule has 0 saturated carbocycles. The van der Waals surface area contributed by atoms with Crippen molar-refractivity contribution >= 4 is 62.1 Å². The summed E-state index contributed by atoms with van der Waals surface area (Å²) in [5.74, 6) is -1.21. The lowest BCUT2D eigenvalue weighted by molar-refractivity contribution is -0.146. The van der Waals surface area contributed by atoms with Crippen LogP contribution >= 0.6 is 34.5 Å². The van der Waals surface area contributed by atoms with Crippen LogP contribution in [0.1, 0.15) is 4.88 Å². The summed E-state index contributed by atoms with van der Waals surface area (Å²) in [7, 11) is -3.61. The van der Waals surface area contributed by atoms with E-state index >= 15 is 0 Å². The normalized spacial score (nSPS) is 15.0. The van der Waals surface area contributed by atoms with Gasteiger partial charge in [-0.15, -0.1) is 11.3 Å². The molecule has 2 aromatic rings. The summed E-state index contributed by atoms with van der Waals surface area (Å²) in [6.07, 6.45) is -0.141. The molecule has 1 aliphatic heterocycles. The van der Waals surface area contributed by atoms with Gasteiger partial charge in [0.2, 0.25) is 0 Å². The van der Waals surface area contributed by atoms with Crippen LogP contribution in [0.15, 0.2) is 34.5 Å². The van der Waals surface area contributed by atoms with E-state index in [9.17, 15) is 18.0 Å². The minimum Gasteiger partial charge on any atom is -0.455 e. The number of hydrogen-bond donors (Lipinski definition) is 1. The quantitative estimate of drug-likeness (QED) is 0.596. The third-order valence-corrected chi connectivity index (χ3v) is 8.09. The second-order valence-corrected chi connectivity index (χ2v) is 10.4. The van der Waals surface area contributed by atoms with Gasteiger partial charge in [-0.25, -0.2) is 8.42 Å². The molecule has 12 heteroatoms. The number of esters is 1. The van der Waals surface area contributed by atoms with Gasteiger partial charge in [0.1, 0.15) is 4.21 Å². The molecule has 1 fully saturated rings. The number of amides is 1. The molecular weight excluding hydrogens is 475 g/mol. The number of nitrogens with zero attached hydrogens (tertiary/aromatic N) is 1. The summed E-state index contributed by atoms with van der Waals surface area (Å²) in [6, 6.07) is 7.60. The largest absolute Gasteiger partial charge is 0.455 e. The van der Waals surface area contributed by atoms with Crippen molar-refractivity contribution in [3.05, 3.63) is 45.3 Å². The maximum Gasteiger partial charge on any atom is 0.311 e. The zero-order valence-electron chi connectivity index (χ0n) is 15.6. The summed E-state index contributed by atoms with van der Waals surface area (Å²) < 4.78 is 36.9. The third kappa shape index (κ3) is 5.93. The van der Waals surface area contributed by atoms with E-state index < -0.39 is 28.5 Å². The van der Waals surface area contributed by atoms with E-state index in [0.717, 1.165) is 11.3 Å². The molecule has 30 heavy (non-hydrogen) atoms. The zero-order chi connectivity index (χ0) is 21.7. The number of carbonyl (C=O) groups is 2. The molecule has 3 rings (SSSR count). The van der Waals surface area contributed by atoms with Gasteiger partial charge in [0.15, 0.2) is 6.61 Å². The summed E-state index contributed by atoms with van der Waals surface area (Å²) in [5, 5.41) is 3.20. The van der Waals surface area contributed by atoms with Crippen molar-refractivity contribution in [2.75, 3.05) is 38.2 Å². The van der Waals surface area contributed by atoms with E-state index in [4.69, 9.17) is 32.7 Å². The number of sulfonamides is 1. The molecule has 0 radical (unpaired) electrons. The number of rotatable bonds is 7. The third-order valence-electron chi connectivity index (χ3n) is 4.09. The summed E-state index contributed by atoms with van der Waals surface area (Å²) in [4.78, 5) is 24.5. The molecular formula is C18H18Cl2N2O6S2. The van der Waals surface area contributed by atoms with Gasteiger partial charge in [0.05, 0.1) is 30.3 Å². The summed E-state index contributed by atoms with van der Waals surface area (Å²) in [5.41, 5.74) is 0.346. The summed E-state index contributed by atoms with van der Waals surface area (Å²) >= 11 is 12.8. The lowest BCUT2D eigenvalue weighted by atomic mass is 10.3. The lowest BCUT2D eigenvalue weighted by Crippen LogP contribution is -2.40. The first-order valence-electron chi connectivity index (χ1n) is 8.83. The van der Waals surface area contributed by atoms with Crippen molar-refractivity contribution in [1.29, 1.82) is 0 Å². The van der Waals surface area contributed by atoms with Gasteiger partial charge in [-0.3, -0.25) is 9.59 Å². The highest BCUT2D eigenvalue weighted by atomic mass is 35.5. The Balaban J connectivity index is 1.51. The molecule has 1 aromatic carbocycles. The van der Waals surface area contributed by atoms with Crippen molar-refractivity contribution in [2.45, 2.75) is 10.6 Å². The van der Waals surface area contributed by atoms with Gasteiger partial charge in [-0.2, -0.15) is 4.31 Å². The number of thiophene rings is 1. The number of anilines is 1. The molecule has 0 atom stereocenters. The monoisotopic (exact) mass is 492 g/mol. The number of halogens is 2. The van der Waals surface area contributed by atoms with Crippen LogP contribution in [0.5, 0.6) is 0 Å². The Morgan fingerprint density at radius 1 is 1.17 bits per heavy atom. The standard InChI is InChI=1S/C18H18Cl2N2O6S2/c19-12-1-3-15(14(20)9-12)21-16(23)11-28-17(24)10-13-2-4-18(29-13)30(25,26)22-5-7-27-8-6-22/h1-4,9H,5-8,10-11H2,(H,21,23). The Morgan fingerprint density at radius 3 is 2.60 bits per heavy atom. The molecule has 0 bridgehead atoms. The SMILES string of the molecule is O=C(COC(=O)Cc1ccc(S(=O)(=O)N2CCOCC2)s1)Nc1ccc(Cl)cc1Cl. The first-order chi connectivity index (χ1) is 14.3. The second kappa shape index (κ2) is 10.1. The van der Waals surface area contributed by atoms with E-state index in [2.05, 4.69) is 5.32 Å². The fraction of sp³-hybridized carbons (Fsp3) is 0.333. The van der Waals surface area contributed by atoms with E-state index in [0.29, 0.717) is 41.9 Å². The molecule has 162 valence electrons. The first-order valence-corrected chi connectivity index (χ1v) is 11.8. The number of morpholine rings is 1. The molecule has 0 spiro atoms. The van der Waals surface area contributed by atoms with Crippen molar-refractivity contribution < 1.29 is 27.5 Å². The van der Waals surface area contributed by atoms with Crippen LogP contribution in [0.2, 0.25) is 10.0 Å². The Labute approximate surface area is 187 Å². The molecule has 2 heterocycles. The number of carbonyl (C=O) groups excluding carboxylic acids is 2. The highest BCUT2D eigenvalue weighted by molar-refractivity contribution is 7.91. The number of benzene rings is 1. The Hall–Kier alpha value is -1.69. The van der Waals surface area contributed by atoms with Gasteiger partial charge >= 0.3 is 5.97 Å². The van der Waals surface area contributed by atoms with E-state index in [1.807, 2.05) is 0 Å². The molecule has 0 unspecified atom stereocenters. The minimum absolute atomic E-state index is 0.141. The second-order valence-electron chi connectivity index (χ2n) is 6.25. The zero-order valence-corrected chi connectivity index (χ0v) is 18.7. The molecule has 1 amide bonds. The summed E-state index contributed by atoms with van der Waals surface area (Å²) in [6.45, 7) is 0.803. The maximum absolute atomic E-state index is 12.6. The predicted molar refractivity (Wildman–Crippen MR) is 114 cm³/mol. The minimum atomic E-state index is -3.61. The van der Waals surface area contributed by atoms with Crippen LogP contribution in [0.3, 0.4) is 0 Å². The highest BCUT2D eigenvalue weighted by Gasteiger charge is 2.28. The van der Waals surface area contributed by atoms with Crippen LogP contribution in [0.4, 0.5) is 5.69 Å². The molecule has 1 aliphatic rings. The van der Waals surface area contributed by atoms with Crippen molar-refractivity contribution in [2.24, 2.45) is 0 Å². The van der Waals surface area contributed by atoms with Crippen molar-refractivity contribution in [1.82, 2.24) is 4.31 Å². The van der Waals surface area contributed by atoms with Crippen LogP contribution in [0, 0.1) is 0 Å². The molecule has 8 nitrogen and oxygen atoms in total. The van der Waals surface area contributed by atoms with Crippen LogP contribution in [0.25, 0.3) is 0 Å². The van der Waals surface area contributed by atoms with Gasteiger partial charge in [0, 0.05) is 23.0 Å². The first kappa shape index (κ1) is 23.0. The molecule has 0 aliphatic carbocycles. The molecule has 1 saturated heterocycles. The number of hydrogen-bond acceptors (Lipinski definition) is 7. The number of ether oxygens (including phenoxy) is 2. The van der Waals surface area contributed by atoms with Crippen LogP contribution in [-0.2, 0) is 35.5 Å². The Kier molecular flexibility index (Phi) is 7.72. The average Bonchev–Trinajstić information content (AvgIpc) is 3.18. The van der Waals surface area contributed by atoms with E-state index in [1.54, 1.807) is 12.1 Å². The smallest absolute Gasteiger partial charge is 0.311 e. The Morgan fingerprint density at radius 2 is 1.90 bits per heavy atom. The highest BCUT2D eigenvalue weighted by Crippen LogP contribution is 2.27. The van der Waals surface area contributed by atoms with Crippen LogP contribution < -0.4 is 5.32 Å². The van der Waals surface area contributed by atoms with Crippen molar-refractivity contribution in [3.8, 4) is 0 Å². The fourth-order valence-corrected chi connectivity index (χ4v) is 5.98. The lowest BCUT2D eigenvalue weighted by Gasteiger charge is -2.25. The van der Waals surface area contributed by atoms with Gasteiger partial charge in [-0.05, 0) is 30.3 Å². The van der Waals surface area contributed by atoms with E-state index in [1.165, 1.54) is 22.5 Å². The molecule has 1 N–H and O–H groups in total. The molecule has 1 aromatic heterocycles. The average molecular weight is 493 g/mol. The fourth-order valence-electron chi connectivity index (χ4n) is 2.62. The predicted octanol–water partition coefficient (Wildman–Crippen LogP) is 2.80. The van der Waals surface area contributed by atoms with Gasteiger partial charge in [0.25, 0.3) is 15.9 Å². The maximum atomic E-state index is 12.6. The van der Waals surface area contributed by atoms with Gasteiger partial charge < -0.3 is 14.8 Å². The van der Waals surface area contributed by atoms with Crippen molar-refractivity contribution in [3.63, 3.8) is 0 Å². The Bertz CT molecular complexity index is 1040. The van der Waals surface area contributed by atoms with E-state index in [-0.39, 0.29) is 15.7 Å². The topological polar surface area (TPSA) is 102 Å². The van der Waals surface area contributed by atoms with Gasteiger partial charge in [-0.1, -0.05) is 23.2 Å².